The summed E-state index contributed by atoms with van der Waals surface area (Å²) in [6.07, 6.45) is 0. The summed E-state index contributed by atoms with van der Waals surface area (Å²) in [6.45, 7) is 3.05. The van der Waals surface area contributed by atoms with Crippen molar-refractivity contribution in [3.8, 4) is 11.5 Å². The largest absolute Gasteiger partial charge is 0.457 e. The van der Waals surface area contributed by atoms with Crippen molar-refractivity contribution in [1.29, 1.82) is 0 Å². The van der Waals surface area contributed by atoms with E-state index in [2.05, 4.69) is 10.6 Å². The topological polar surface area (TPSA) is 93.7 Å². The molecule has 7 nitrogen and oxygen atoms in total. The van der Waals surface area contributed by atoms with Crippen LogP contribution in [0.2, 0.25) is 0 Å². The zero-order valence-corrected chi connectivity index (χ0v) is 17.9. The first kappa shape index (κ1) is 22.6. The van der Waals surface area contributed by atoms with E-state index in [1.807, 2.05) is 50.2 Å². The van der Waals surface area contributed by atoms with Crippen LogP contribution in [-0.2, 0) is 14.3 Å². The Balaban J connectivity index is 1.46. The quantitative estimate of drug-likeness (QED) is 0.525. The third kappa shape index (κ3) is 6.43. The summed E-state index contributed by atoms with van der Waals surface area (Å²) in [5.41, 5.74) is 2.82. The maximum absolute atomic E-state index is 12.3. The molecule has 0 spiro atoms. The van der Waals surface area contributed by atoms with Crippen molar-refractivity contribution in [2.24, 2.45) is 0 Å². The van der Waals surface area contributed by atoms with Gasteiger partial charge in [-0.1, -0.05) is 42.5 Å². The van der Waals surface area contributed by atoms with Gasteiger partial charge in [0.05, 0.1) is 12.1 Å². The molecule has 32 heavy (non-hydrogen) atoms. The highest BCUT2D eigenvalue weighted by Crippen LogP contribution is 2.22. The molecule has 0 aromatic heterocycles. The van der Waals surface area contributed by atoms with Crippen LogP contribution >= 0.6 is 0 Å². The maximum atomic E-state index is 12.3. The SMILES string of the molecule is Cc1cccc(C)c1NC(=O)CNC(=O)COC(=O)c1cccc(Oc2ccccc2)c1. The number of anilines is 1. The van der Waals surface area contributed by atoms with Gasteiger partial charge in [-0.3, -0.25) is 9.59 Å². The van der Waals surface area contributed by atoms with E-state index in [0.717, 1.165) is 16.8 Å². The number of hydrogen-bond acceptors (Lipinski definition) is 5. The number of hydrogen-bond donors (Lipinski definition) is 2. The van der Waals surface area contributed by atoms with Crippen molar-refractivity contribution in [2.45, 2.75) is 13.8 Å². The Kier molecular flexibility index (Phi) is 7.59. The molecule has 3 aromatic rings. The average molecular weight is 432 g/mol. The third-order valence-corrected chi connectivity index (χ3v) is 4.57. The Morgan fingerprint density at radius 3 is 2.16 bits per heavy atom. The van der Waals surface area contributed by atoms with E-state index in [9.17, 15) is 14.4 Å². The molecular formula is C25H24N2O5. The summed E-state index contributed by atoms with van der Waals surface area (Å²) in [7, 11) is 0. The monoisotopic (exact) mass is 432 g/mol. The number of para-hydroxylation sites is 2. The van der Waals surface area contributed by atoms with Crippen molar-refractivity contribution in [2.75, 3.05) is 18.5 Å². The molecule has 7 heteroatoms. The van der Waals surface area contributed by atoms with E-state index in [-0.39, 0.29) is 18.0 Å². The van der Waals surface area contributed by atoms with E-state index in [0.29, 0.717) is 11.5 Å². The van der Waals surface area contributed by atoms with Crippen molar-refractivity contribution < 1.29 is 23.9 Å². The number of carbonyl (C=O) groups excluding carboxylic acids is 3. The van der Waals surface area contributed by atoms with Crippen molar-refractivity contribution in [1.82, 2.24) is 5.32 Å². The Morgan fingerprint density at radius 1 is 0.781 bits per heavy atom. The van der Waals surface area contributed by atoms with Crippen LogP contribution in [0.3, 0.4) is 0 Å². The first-order chi connectivity index (χ1) is 15.4. The van der Waals surface area contributed by atoms with Gasteiger partial charge in [-0.2, -0.15) is 0 Å². The summed E-state index contributed by atoms with van der Waals surface area (Å²) in [5.74, 6) is -0.506. The van der Waals surface area contributed by atoms with Crippen LogP contribution in [0.1, 0.15) is 21.5 Å². The molecule has 3 aromatic carbocycles. The number of benzene rings is 3. The van der Waals surface area contributed by atoms with Crippen LogP contribution in [0.4, 0.5) is 5.69 Å². The van der Waals surface area contributed by atoms with Crippen LogP contribution < -0.4 is 15.4 Å². The van der Waals surface area contributed by atoms with Crippen LogP contribution in [0.25, 0.3) is 0 Å². The highest BCUT2D eigenvalue weighted by Gasteiger charge is 2.13. The van der Waals surface area contributed by atoms with Crippen LogP contribution in [0, 0.1) is 13.8 Å². The van der Waals surface area contributed by atoms with Crippen molar-refractivity contribution >= 4 is 23.5 Å². The Hall–Kier alpha value is -4.13. The van der Waals surface area contributed by atoms with Gasteiger partial charge in [0.25, 0.3) is 5.91 Å². The number of nitrogens with one attached hydrogen (secondary N) is 2. The molecule has 0 aliphatic heterocycles. The van der Waals surface area contributed by atoms with Gasteiger partial charge < -0.3 is 20.1 Å². The van der Waals surface area contributed by atoms with Gasteiger partial charge in [0, 0.05) is 5.69 Å². The average Bonchev–Trinajstić information content (AvgIpc) is 2.79. The van der Waals surface area contributed by atoms with Crippen LogP contribution in [0.15, 0.2) is 72.8 Å². The number of rotatable bonds is 8. The highest BCUT2D eigenvalue weighted by molar-refractivity contribution is 5.96. The Bertz CT molecular complexity index is 1090. The minimum Gasteiger partial charge on any atom is -0.457 e. The molecule has 0 atom stereocenters. The second-order valence-corrected chi connectivity index (χ2v) is 7.11. The molecule has 0 fully saturated rings. The predicted octanol–water partition coefficient (Wildman–Crippen LogP) is 4.01. The van der Waals surface area contributed by atoms with Crippen molar-refractivity contribution in [3.05, 3.63) is 89.5 Å². The van der Waals surface area contributed by atoms with Gasteiger partial charge in [-0.15, -0.1) is 0 Å². The molecule has 0 radical (unpaired) electrons. The van der Waals surface area contributed by atoms with Gasteiger partial charge in [-0.25, -0.2) is 4.79 Å². The molecule has 0 heterocycles. The first-order valence-corrected chi connectivity index (χ1v) is 10.1. The smallest absolute Gasteiger partial charge is 0.338 e. The van der Waals surface area contributed by atoms with Crippen LogP contribution in [0.5, 0.6) is 11.5 Å². The molecule has 2 amide bonds. The predicted molar refractivity (Wildman–Crippen MR) is 121 cm³/mol. The molecule has 0 aliphatic carbocycles. The number of aryl methyl sites for hydroxylation is 2. The summed E-state index contributed by atoms with van der Waals surface area (Å²) >= 11 is 0. The molecule has 0 unspecified atom stereocenters. The van der Waals surface area contributed by atoms with E-state index in [1.54, 1.807) is 30.3 Å². The molecule has 0 saturated carbocycles. The summed E-state index contributed by atoms with van der Waals surface area (Å²) < 4.78 is 10.7. The summed E-state index contributed by atoms with van der Waals surface area (Å²) in [6, 6.07) is 21.3. The van der Waals surface area contributed by atoms with Crippen molar-refractivity contribution in [3.63, 3.8) is 0 Å². The molecule has 0 bridgehead atoms. The van der Waals surface area contributed by atoms with E-state index in [4.69, 9.17) is 9.47 Å². The van der Waals surface area contributed by atoms with Gasteiger partial charge in [-0.05, 0) is 55.3 Å². The number of esters is 1. The number of ether oxygens (including phenoxy) is 2. The van der Waals surface area contributed by atoms with Gasteiger partial charge in [0.15, 0.2) is 6.61 Å². The molecule has 0 aliphatic rings. The normalized spacial score (nSPS) is 10.2. The lowest BCUT2D eigenvalue weighted by Crippen LogP contribution is -2.35. The lowest BCUT2D eigenvalue weighted by molar-refractivity contribution is -0.126. The number of amides is 2. The fourth-order valence-corrected chi connectivity index (χ4v) is 2.95. The Labute approximate surface area is 186 Å². The minimum absolute atomic E-state index is 0.232. The second kappa shape index (κ2) is 10.8. The van der Waals surface area contributed by atoms with Gasteiger partial charge in [0.2, 0.25) is 5.91 Å². The minimum atomic E-state index is -0.668. The fourth-order valence-electron chi connectivity index (χ4n) is 2.95. The molecule has 0 saturated heterocycles. The molecular weight excluding hydrogens is 408 g/mol. The zero-order chi connectivity index (χ0) is 22.9. The van der Waals surface area contributed by atoms with Gasteiger partial charge in [0.1, 0.15) is 11.5 Å². The van der Waals surface area contributed by atoms with E-state index in [1.165, 1.54) is 6.07 Å². The Morgan fingerprint density at radius 2 is 1.44 bits per heavy atom. The third-order valence-electron chi connectivity index (χ3n) is 4.57. The standard InChI is InChI=1S/C25H24N2O5/c1-17-8-6-9-18(2)24(17)27-22(28)15-26-23(29)16-31-25(30)19-10-7-13-21(14-19)32-20-11-4-3-5-12-20/h3-14H,15-16H2,1-2H3,(H,26,29)(H,27,28). The first-order valence-electron chi connectivity index (χ1n) is 10.1. The zero-order valence-electron chi connectivity index (χ0n) is 17.9. The van der Waals surface area contributed by atoms with E-state index < -0.39 is 18.5 Å². The summed E-state index contributed by atoms with van der Waals surface area (Å²) in [4.78, 5) is 36.4. The molecule has 3 rings (SSSR count). The fraction of sp³-hybridized carbons (Fsp3) is 0.160. The highest BCUT2D eigenvalue weighted by atomic mass is 16.5. The maximum Gasteiger partial charge on any atom is 0.338 e. The summed E-state index contributed by atoms with van der Waals surface area (Å²) in [5, 5.41) is 5.21. The lowest BCUT2D eigenvalue weighted by atomic mass is 10.1. The van der Waals surface area contributed by atoms with E-state index >= 15 is 0 Å². The molecule has 164 valence electrons. The molecule has 2 N–H and O–H groups in total. The number of carbonyl (C=O) groups is 3. The van der Waals surface area contributed by atoms with Crippen LogP contribution in [-0.4, -0.2) is 30.9 Å². The van der Waals surface area contributed by atoms with Gasteiger partial charge >= 0.3 is 5.97 Å². The lowest BCUT2D eigenvalue weighted by Gasteiger charge is -2.12. The second-order valence-electron chi connectivity index (χ2n) is 7.11.